The van der Waals surface area contributed by atoms with Crippen LogP contribution < -0.4 is 0 Å². The number of allylic oxidation sites excluding steroid dienone is 4. The van der Waals surface area contributed by atoms with Crippen LogP contribution in [0.4, 0.5) is 0 Å². The molecule has 3 atom stereocenters. The van der Waals surface area contributed by atoms with E-state index >= 15 is 0 Å². The number of benzene rings is 1. The van der Waals surface area contributed by atoms with E-state index in [0.717, 1.165) is 32.5 Å². The Bertz CT molecular complexity index is 553. The van der Waals surface area contributed by atoms with E-state index < -0.39 is 0 Å². The van der Waals surface area contributed by atoms with E-state index in [9.17, 15) is 0 Å². The zero-order chi connectivity index (χ0) is 15.2. The normalized spacial score (nSPS) is 29.3. The Hall–Kier alpha value is -1.60. The van der Waals surface area contributed by atoms with Crippen LogP contribution in [0.3, 0.4) is 0 Å². The minimum absolute atomic E-state index is 0.586. The van der Waals surface area contributed by atoms with Gasteiger partial charge >= 0.3 is 0 Å². The molecule has 1 saturated heterocycles. The molecule has 1 aromatic rings. The summed E-state index contributed by atoms with van der Waals surface area (Å²) in [6, 6.07) is 10.6. The highest BCUT2D eigenvalue weighted by Crippen LogP contribution is 2.50. The second-order valence-corrected chi connectivity index (χ2v) is 6.26. The molecule has 116 valence electrons. The highest BCUT2D eigenvalue weighted by atomic mass is 16.5. The lowest BCUT2D eigenvalue weighted by atomic mass is 9.62. The van der Waals surface area contributed by atoms with E-state index in [2.05, 4.69) is 67.6 Å². The van der Waals surface area contributed by atoms with Crippen molar-refractivity contribution in [2.24, 2.45) is 17.8 Å². The van der Waals surface area contributed by atoms with Gasteiger partial charge in [-0.3, -0.25) is 0 Å². The first-order chi connectivity index (χ1) is 10.9. The van der Waals surface area contributed by atoms with Crippen LogP contribution in [-0.4, -0.2) is 13.2 Å². The van der Waals surface area contributed by atoms with Crippen molar-refractivity contribution in [3.8, 4) is 0 Å². The summed E-state index contributed by atoms with van der Waals surface area (Å²) in [6.45, 7) is 4.05. The SMILES string of the molecule is CCC=CCC/C=C1/[C@H](/C=C/c2ccccc2)[C@H]2COC[C@@H]12. The quantitative estimate of drug-likeness (QED) is 0.513. The molecule has 0 aromatic heterocycles. The van der Waals surface area contributed by atoms with Gasteiger partial charge in [-0.05, 0) is 24.8 Å². The van der Waals surface area contributed by atoms with Gasteiger partial charge in [-0.1, -0.05) is 73.2 Å². The van der Waals surface area contributed by atoms with E-state index in [-0.39, 0.29) is 0 Å². The van der Waals surface area contributed by atoms with E-state index in [1.807, 2.05) is 0 Å². The summed E-state index contributed by atoms with van der Waals surface area (Å²) in [5.74, 6) is 1.97. The van der Waals surface area contributed by atoms with Gasteiger partial charge in [0.2, 0.25) is 0 Å². The first-order valence-electron chi connectivity index (χ1n) is 8.56. The van der Waals surface area contributed by atoms with Gasteiger partial charge in [-0.15, -0.1) is 0 Å². The molecule has 1 nitrogen and oxygen atoms in total. The molecule has 22 heavy (non-hydrogen) atoms. The molecule has 1 aromatic carbocycles. The van der Waals surface area contributed by atoms with Crippen molar-refractivity contribution in [3.63, 3.8) is 0 Å². The van der Waals surface area contributed by atoms with Crippen LogP contribution >= 0.6 is 0 Å². The Balaban J connectivity index is 1.64. The molecular weight excluding hydrogens is 268 g/mol. The molecule has 3 rings (SSSR count). The number of fused-ring (bicyclic) bond motifs is 1. The van der Waals surface area contributed by atoms with Gasteiger partial charge < -0.3 is 4.74 Å². The number of ether oxygens (including phenoxy) is 1. The topological polar surface area (TPSA) is 9.23 Å². The number of unbranched alkanes of at least 4 members (excludes halogenated alkanes) is 1. The largest absolute Gasteiger partial charge is 0.380 e. The van der Waals surface area contributed by atoms with Gasteiger partial charge in [-0.2, -0.15) is 0 Å². The van der Waals surface area contributed by atoms with Crippen molar-refractivity contribution in [2.45, 2.75) is 26.2 Å². The number of hydrogen-bond acceptors (Lipinski definition) is 1. The fourth-order valence-electron chi connectivity index (χ4n) is 3.59. The van der Waals surface area contributed by atoms with Gasteiger partial charge in [0, 0.05) is 17.8 Å². The predicted molar refractivity (Wildman–Crippen MR) is 93.5 cm³/mol. The number of hydrogen-bond donors (Lipinski definition) is 0. The maximum absolute atomic E-state index is 5.70. The summed E-state index contributed by atoms with van der Waals surface area (Å²) in [7, 11) is 0. The first-order valence-corrected chi connectivity index (χ1v) is 8.56. The maximum atomic E-state index is 5.70. The second-order valence-electron chi connectivity index (χ2n) is 6.26. The highest BCUT2D eigenvalue weighted by molar-refractivity contribution is 5.51. The van der Waals surface area contributed by atoms with Crippen molar-refractivity contribution in [1.82, 2.24) is 0 Å². The molecule has 0 spiro atoms. The molecule has 2 aliphatic rings. The molecule has 0 amide bonds. The van der Waals surface area contributed by atoms with E-state index in [4.69, 9.17) is 4.74 Å². The minimum Gasteiger partial charge on any atom is -0.380 e. The summed E-state index contributed by atoms with van der Waals surface area (Å²) < 4.78 is 5.70. The Morgan fingerprint density at radius 1 is 1.09 bits per heavy atom. The average Bonchev–Trinajstić information content (AvgIpc) is 2.96. The molecule has 0 radical (unpaired) electrons. The standard InChI is InChI=1S/C21H26O/c1-2-3-4-5-9-12-18-19(21-16-22-15-20(18)21)14-13-17-10-7-6-8-11-17/h3-4,6-8,10-14,19-21H,2,5,9,15-16H2,1H3/b4-3?,14-13+,18-12-/t19-,20-,21+/m0/s1. The summed E-state index contributed by atoms with van der Waals surface area (Å²) in [5, 5.41) is 0. The molecule has 1 heterocycles. The summed E-state index contributed by atoms with van der Waals surface area (Å²) >= 11 is 0. The lowest BCUT2D eigenvalue weighted by molar-refractivity contribution is 0.184. The molecule has 1 aliphatic heterocycles. The fourth-order valence-corrected chi connectivity index (χ4v) is 3.59. The van der Waals surface area contributed by atoms with Crippen molar-refractivity contribution >= 4 is 6.08 Å². The van der Waals surface area contributed by atoms with Crippen LogP contribution in [0.25, 0.3) is 6.08 Å². The fraction of sp³-hybridized carbons (Fsp3) is 0.429. The Labute approximate surface area is 134 Å². The van der Waals surface area contributed by atoms with Crippen molar-refractivity contribution < 1.29 is 4.74 Å². The van der Waals surface area contributed by atoms with Crippen LogP contribution in [0.2, 0.25) is 0 Å². The lowest BCUT2D eigenvalue weighted by Gasteiger charge is -2.41. The van der Waals surface area contributed by atoms with E-state index in [1.54, 1.807) is 5.57 Å². The Morgan fingerprint density at radius 3 is 2.77 bits per heavy atom. The molecule has 0 unspecified atom stereocenters. The average molecular weight is 294 g/mol. The van der Waals surface area contributed by atoms with Crippen molar-refractivity contribution in [1.29, 1.82) is 0 Å². The summed E-state index contributed by atoms with van der Waals surface area (Å²) in [6.07, 6.45) is 15.1. The van der Waals surface area contributed by atoms with Crippen molar-refractivity contribution in [3.05, 3.63) is 65.8 Å². The molecular formula is C21H26O. The summed E-state index contributed by atoms with van der Waals surface area (Å²) in [4.78, 5) is 0. The third-order valence-corrected chi connectivity index (χ3v) is 4.81. The smallest absolute Gasteiger partial charge is 0.0535 e. The van der Waals surface area contributed by atoms with Crippen LogP contribution in [0, 0.1) is 17.8 Å². The van der Waals surface area contributed by atoms with Crippen LogP contribution in [0.15, 0.2) is 60.2 Å². The zero-order valence-corrected chi connectivity index (χ0v) is 13.4. The molecule has 1 saturated carbocycles. The number of rotatable bonds is 6. The van der Waals surface area contributed by atoms with E-state index in [1.165, 1.54) is 5.56 Å². The van der Waals surface area contributed by atoms with Crippen LogP contribution in [-0.2, 0) is 4.74 Å². The first kappa shape index (κ1) is 15.3. The third kappa shape index (κ3) is 3.41. The Morgan fingerprint density at radius 2 is 1.95 bits per heavy atom. The highest BCUT2D eigenvalue weighted by Gasteiger charge is 2.47. The molecule has 2 fully saturated rings. The minimum atomic E-state index is 0.586. The van der Waals surface area contributed by atoms with E-state index in [0.29, 0.717) is 17.8 Å². The van der Waals surface area contributed by atoms with Crippen LogP contribution in [0.1, 0.15) is 31.7 Å². The molecule has 0 bridgehead atoms. The van der Waals surface area contributed by atoms with Gasteiger partial charge in [0.05, 0.1) is 13.2 Å². The lowest BCUT2D eigenvalue weighted by Crippen LogP contribution is -2.37. The molecule has 0 N–H and O–H groups in total. The molecule has 1 heteroatoms. The van der Waals surface area contributed by atoms with Crippen molar-refractivity contribution in [2.75, 3.05) is 13.2 Å². The Kier molecular flexibility index (Phi) is 5.29. The summed E-state index contributed by atoms with van der Waals surface area (Å²) in [5.41, 5.74) is 2.90. The second kappa shape index (κ2) is 7.60. The van der Waals surface area contributed by atoms with Gasteiger partial charge in [0.15, 0.2) is 0 Å². The maximum Gasteiger partial charge on any atom is 0.0535 e. The van der Waals surface area contributed by atoms with Crippen LogP contribution in [0.5, 0.6) is 0 Å². The monoisotopic (exact) mass is 294 g/mol. The zero-order valence-electron chi connectivity index (χ0n) is 13.4. The predicted octanol–water partition coefficient (Wildman–Crippen LogP) is 5.27. The van der Waals surface area contributed by atoms with Gasteiger partial charge in [-0.25, -0.2) is 0 Å². The van der Waals surface area contributed by atoms with Gasteiger partial charge in [0.1, 0.15) is 0 Å². The van der Waals surface area contributed by atoms with Gasteiger partial charge in [0.25, 0.3) is 0 Å². The third-order valence-electron chi connectivity index (χ3n) is 4.81. The molecule has 1 aliphatic carbocycles.